The number of ether oxygens (including phenoxy) is 2. The van der Waals surface area contributed by atoms with E-state index in [0.717, 1.165) is 63.5 Å². The number of hydrogen-bond donors (Lipinski definition) is 0. The average Bonchev–Trinajstić information content (AvgIpc) is 3.15. The fourth-order valence-corrected chi connectivity index (χ4v) is 6.13. The van der Waals surface area contributed by atoms with Crippen molar-refractivity contribution in [3.63, 3.8) is 0 Å². The minimum absolute atomic E-state index is 0.0301. The number of aliphatic imine (C=N–C) groups is 1. The Morgan fingerprint density at radius 1 is 1.23 bits per heavy atom. The standard InChI is InChI=1S/C28H44FN3O3/c1-6-8-17-32-20-30-28(16-7-2,35-27(33)34-5)25(32)18-21-12-14-22(15-13-21)26(31(3)4)23-10-9-11-24(29)19-23/h9-11,19-22,25-26H,6-8,12-18H2,1-5H3. The van der Waals surface area contributed by atoms with Crippen molar-refractivity contribution in [2.24, 2.45) is 16.8 Å². The van der Waals surface area contributed by atoms with Crippen molar-refractivity contribution in [1.29, 1.82) is 0 Å². The lowest BCUT2D eigenvalue weighted by Crippen LogP contribution is -2.50. The highest BCUT2D eigenvalue weighted by atomic mass is 19.1. The first-order valence-electron chi connectivity index (χ1n) is 13.3. The Hall–Kier alpha value is -2.15. The normalized spacial score (nSPS) is 27.3. The molecule has 1 aliphatic carbocycles. The van der Waals surface area contributed by atoms with Gasteiger partial charge in [0.15, 0.2) is 0 Å². The Morgan fingerprint density at radius 3 is 2.57 bits per heavy atom. The monoisotopic (exact) mass is 489 g/mol. The SMILES string of the molecule is CCCCN1C=NC(CCC)(OC(=O)OC)C1CC1CCC(C(c2cccc(F)c2)N(C)C)CC1. The van der Waals surface area contributed by atoms with Gasteiger partial charge in [-0.3, -0.25) is 0 Å². The predicted molar refractivity (Wildman–Crippen MR) is 138 cm³/mol. The van der Waals surface area contributed by atoms with Crippen LogP contribution in [-0.4, -0.2) is 61.8 Å². The number of carbonyl (C=O) groups is 1. The summed E-state index contributed by atoms with van der Waals surface area (Å²) in [6.07, 6.45) is 10.4. The molecule has 0 saturated heterocycles. The van der Waals surface area contributed by atoms with E-state index < -0.39 is 11.9 Å². The van der Waals surface area contributed by atoms with Crippen LogP contribution in [0, 0.1) is 17.7 Å². The van der Waals surface area contributed by atoms with Gasteiger partial charge in [-0.05, 0) is 69.3 Å². The third kappa shape index (κ3) is 6.75. The summed E-state index contributed by atoms with van der Waals surface area (Å²) in [5.74, 6) is 0.856. The van der Waals surface area contributed by atoms with Crippen LogP contribution in [0.15, 0.2) is 29.3 Å². The summed E-state index contributed by atoms with van der Waals surface area (Å²) in [5.41, 5.74) is 0.182. The van der Waals surface area contributed by atoms with Crippen LogP contribution in [0.5, 0.6) is 0 Å². The van der Waals surface area contributed by atoms with Crippen molar-refractivity contribution in [3.8, 4) is 0 Å². The summed E-state index contributed by atoms with van der Waals surface area (Å²) in [7, 11) is 5.53. The molecule has 0 amide bonds. The molecular weight excluding hydrogens is 445 g/mol. The largest absolute Gasteiger partial charge is 0.510 e. The van der Waals surface area contributed by atoms with Crippen molar-refractivity contribution in [1.82, 2.24) is 9.80 Å². The molecule has 0 bridgehead atoms. The van der Waals surface area contributed by atoms with Gasteiger partial charge in [0.2, 0.25) is 5.72 Å². The van der Waals surface area contributed by atoms with Gasteiger partial charge in [-0.2, -0.15) is 0 Å². The molecule has 0 N–H and O–H groups in total. The van der Waals surface area contributed by atoms with E-state index >= 15 is 0 Å². The molecule has 3 unspecified atom stereocenters. The van der Waals surface area contributed by atoms with E-state index in [-0.39, 0.29) is 17.9 Å². The van der Waals surface area contributed by atoms with Gasteiger partial charge in [-0.1, -0.05) is 51.7 Å². The van der Waals surface area contributed by atoms with Crippen LogP contribution in [0.1, 0.15) is 83.2 Å². The number of methoxy groups -OCH3 is 1. The van der Waals surface area contributed by atoms with E-state index in [1.165, 1.54) is 13.2 Å². The second-order valence-electron chi connectivity index (χ2n) is 10.5. The molecule has 0 spiro atoms. The first-order chi connectivity index (χ1) is 16.8. The number of benzene rings is 1. The van der Waals surface area contributed by atoms with E-state index in [1.54, 1.807) is 6.07 Å². The molecule has 7 heteroatoms. The molecule has 1 saturated carbocycles. The molecule has 1 aromatic carbocycles. The van der Waals surface area contributed by atoms with Gasteiger partial charge in [0.25, 0.3) is 0 Å². The van der Waals surface area contributed by atoms with E-state index in [4.69, 9.17) is 14.5 Å². The third-order valence-electron chi connectivity index (χ3n) is 7.79. The second-order valence-corrected chi connectivity index (χ2v) is 10.5. The quantitative estimate of drug-likeness (QED) is 0.336. The molecule has 1 fully saturated rings. The van der Waals surface area contributed by atoms with Gasteiger partial charge in [0.05, 0.1) is 19.5 Å². The predicted octanol–water partition coefficient (Wildman–Crippen LogP) is 6.42. The Balaban J connectivity index is 1.72. The van der Waals surface area contributed by atoms with Gasteiger partial charge < -0.3 is 19.3 Å². The van der Waals surface area contributed by atoms with E-state index in [0.29, 0.717) is 18.3 Å². The molecule has 1 aromatic rings. The van der Waals surface area contributed by atoms with Crippen LogP contribution in [-0.2, 0) is 9.47 Å². The number of hydrogen-bond acceptors (Lipinski definition) is 6. The zero-order chi connectivity index (χ0) is 25.4. The van der Waals surface area contributed by atoms with Crippen LogP contribution in [0.25, 0.3) is 0 Å². The molecule has 1 heterocycles. The molecule has 196 valence electrons. The Bertz CT molecular complexity index is 840. The summed E-state index contributed by atoms with van der Waals surface area (Å²) in [6.45, 7) is 5.20. The zero-order valence-corrected chi connectivity index (χ0v) is 22.2. The van der Waals surface area contributed by atoms with Crippen molar-refractivity contribution in [3.05, 3.63) is 35.6 Å². The highest BCUT2D eigenvalue weighted by molar-refractivity contribution is 5.64. The first kappa shape index (κ1) is 27.4. The van der Waals surface area contributed by atoms with Gasteiger partial charge in [-0.15, -0.1) is 0 Å². The first-order valence-corrected chi connectivity index (χ1v) is 13.3. The molecule has 2 aliphatic rings. The smallest absolute Gasteiger partial charge is 0.438 e. The summed E-state index contributed by atoms with van der Waals surface area (Å²) in [4.78, 5) is 21.5. The van der Waals surface area contributed by atoms with Crippen LogP contribution in [0.2, 0.25) is 0 Å². The number of halogens is 1. The van der Waals surface area contributed by atoms with E-state index in [9.17, 15) is 9.18 Å². The van der Waals surface area contributed by atoms with Gasteiger partial charge in [-0.25, -0.2) is 14.2 Å². The zero-order valence-electron chi connectivity index (χ0n) is 22.2. The molecule has 6 nitrogen and oxygen atoms in total. The molecule has 35 heavy (non-hydrogen) atoms. The van der Waals surface area contributed by atoms with Crippen LogP contribution in [0.4, 0.5) is 9.18 Å². The van der Waals surface area contributed by atoms with E-state index in [1.807, 2.05) is 18.5 Å². The highest BCUT2D eigenvalue weighted by Gasteiger charge is 2.49. The lowest BCUT2D eigenvalue weighted by molar-refractivity contribution is -0.0625. The summed E-state index contributed by atoms with van der Waals surface area (Å²) in [6, 6.07) is 7.30. The maximum absolute atomic E-state index is 13.9. The Labute approximate surface area is 210 Å². The van der Waals surface area contributed by atoms with Crippen molar-refractivity contribution < 1.29 is 18.7 Å². The molecule has 0 radical (unpaired) electrons. The molecular formula is C28H44FN3O3. The fraction of sp³-hybridized carbons (Fsp3) is 0.714. The summed E-state index contributed by atoms with van der Waals surface area (Å²) in [5, 5.41) is 0. The minimum Gasteiger partial charge on any atom is -0.438 e. The topological polar surface area (TPSA) is 54.4 Å². The third-order valence-corrected chi connectivity index (χ3v) is 7.79. The van der Waals surface area contributed by atoms with E-state index in [2.05, 4.69) is 37.7 Å². The summed E-state index contributed by atoms with van der Waals surface area (Å²) < 4.78 is 24.7. The van der Waals surface area contributed by atoms with Crippen LogP contribution >= 0.6 is 0 Å². The van der Waals surface area contributed by atoms with Crippen LogP contribution in [0.3, 0.4) is 0 Å². The highest BCUT2D eigenvalue weighted by Crippen LogP contribution is 2.43. The van der Waals surface area contributed by atoms with Crippen molar-refractivity contribution >= 4 is 12.5 Å². The van der Waals surface area contributed by atoms with Gasteiger partial charge >= 0.3 is 6.16 Å². The number of nitrogens with zero attached hydrogens (tertiary/aromatic N) is 3. The van der Waals surface area contributed by atoms with Gasteiger partial charge in [0, 0.05) is 19.0 Å². The second kappa shape index (κ2) is 12.7. The molecule has 3 rings (SSSR count). The molecule has 1 aliphatic heterocycles. The molecule has 0 aromatic heterocycles. The maximum Gasteiger partial charge on any atom is 0.510 e. The minimum atomic E-state index is -0.875. The number of carbonyl (C=O) groups excluding carboxylic acids is 1. The van der Waals surface area contributed by atoms with Crippen molar-refractivity contribution in [2.75, 3.05) is 27.7 Å². The Morgan fingerprint density at radius 2 is 1.97 bits per heavy atom. The number of unbranched alkanes of at least 4 members (excludes halogenated alkanes) is 1. The van der Waals surface area contributed by atoms with Crippen molar-refractivity contribution in [2.45, 2.75) is 89.4 Å². The number of rotatable bonds is 11. The lowest BCUT2D eigenvalue weighted by atomic mass is 9.73. The Kier molecular flexibility index (Phi) is 9.96. The van der Waals surface area contributed by atoms with Gasteiger partial charge in [0.1, 0.15) is 5.82 Å². The summed E-state index contributed by atoms with van der Waals surface area (Å²) >= 11 is 0. The fourth-order valence-electron chi connectivity index (χ4n) is 6.13. The molecule has 3 atom stereocenters. The maximum atomic E-state index is 13.9. The average molecular weight is 490 g/mol. The lowest BCUT2D eigenvalue weighted by Gasteiger charge is -2.41. The van der Waals surface area contributed by atoms with Crippen LogP contribution < -0.4 is 0 Å².